The number of phosphoric acid groups is 3. The molecule has 0 radical (unpaired) electrons. The summed E-state index contributed by atoms with van der Waals surface area (Å²) >= 11 is 0. The summed E-state index contributed by atoms with van der Waals surface area (Å²) in [6.07, 6.45) is -6.48. The predicted molar refractivity (Wildman–Crippen MR) is 97.2 cm³/mol. The van der Waals surface area contributed by atoms with E-state index in [4.69, 9.17) is 25.2 Å². The number of halogens is 1. The van der Waals surface area contributed by atoms with Gasteiger partial charge in [0.1, 0.15) is 12.2 Å². The number of aliphatic hydroxyl groups is 1. The number of aromatic amines is 1. The molecule has 0 amide bonds. The maximum Gasteiger partial charge on any atom is 0.490 e. The van der Waals surface area contributed by atoms with E-state index in [0.717, 1.165) is 10.9 Å². The molecule has 1 fully saturated rings. The van der Waals surface area contributed by atoms with E-state index in [-0.39, 0.29) is 17.1 Å². The number of aliphatic hydroxyl groups excluding tert-OH is 1. The molecule has 2 aromatic rings. The third-order valence-electron chi connectivity index (χ3n) is 3.84. The molecule has 22 heteroatoms. The van der Waals surface area contributed by atoms with Gasteiger partial charge in [-0.3, -0.25) is 18.9 Å². The van der Waals surface area contributed by atoms with E-state index in [2.05, 4.69) is 28.1 Å². The Labute approximate surface area is 175 Å². The van der Waals surface area contributed by atoms with Crippen LogP contribution in [-0.2, 0) is 31.6 Å². The van der Waals surface area contributed by atoms with Crippen molar-refractivity contribution in [1.82, 2.24) is 19.5 Å². The van der Waals surface area contributed by atoms with E-state index >= 15 is 0 Å². The highest BCUT2D eigenvalue weighted by Gasteiger charge is 2.48. The Kier molecular flexibility index (Phi) is 6.76. The Morgan fingerprint density at radius 2 is 1.88 bits per heavy atom. The number of phosphoric ester groups is 1. The summed E-state index contributed by atoms with van der Waals surface area (Å²) in [4.78, 5) is 57.0. The van der Waals surface area contributed by atoms with Gasteiger partial charge in [0, 0.05) is 0 Å². The molecule has 1 aliphatic rings. The quantitative estimate of drug-likeness (QED) is 0.196. The maximum absolute atomic E-state index is 14.6. The van der Waals surface area contributed by atoms with E-state index in [1.807, 2.05) is 0 Å². The van der Waals surface area contributed by atoms with Gasteiger partial charge in [-0.1, -0.05) is 0 Å². The van der Waals surface area contributed by atoms with Gasteiger partial charge in [-0.2, -0.15) is 13.6 Å². The van der Waals surface area contributed by atoms with Crippen LogP contribution in [0, 0.1) is 0 Å². The Morgan fingerprint density at radius 1 is 1.22 bits per heavy atom. The zero-order valence-corrected chi connectivity index (χ0v) is 17.9. The number of alkyl halides is 1. The molecule has 0 saturated carbocycles. The fourth-order valence-corrected chi connectivity index (χ4v) is 5.70. The molecule has 18 nitrogen and oxygen atoms in total. The number of ether oxygens (including phenoxy) is 1. The molecule has 0 spiro atoms. The van der Waals surface area contributed by atoms with Crippen LogP contribution in [0.5, 0.6) is 0 Å². The van der Waals surface area contributed by atoms with Crippen molar-refractivity contribution in [3.8, 4) is 0 Å². The SMILES string of the molecule is Nc1nc2c(ncn2[C@@H]2O[C@H](COP(=O)(O)OP(=O)(O)OP(=O)(O)O)[C@@H](O)[C@H]2F)c(=O)[nH]1. The van der Waals surface area contributed by atoms with Crippen LogP contribution in [0.15, 0.2) is 11.1 Å². The molecule has 6 atom stereocenters. The van der Waals surface area contributed by atoms with Crippen molar-refractivity contribution in [1.29, 1.82) is 0 Å². The smallest absolute Gasteiger partial charge is 0.387 e. The van der Waals surface area contributed by atoms with Crippen molar-refractivity contribution >= 4 is 40.6 Å². The highest BCUT2D eigenvalue weighted by Crippen LogP contribution is 2.66. The van der Waals surface area contributed by atoms with Gasteiger partial charge in [0.15, 0.2) is 23.6 Å². The molecule has 32 heavy (non-hydrogen) atoms. The highest BCUT2D eigenvalue weighted by atomic mass is 31.3. The number of fused-ring (bicyclic) bond motifs is 1. The number of anilines is 1. The summed E-state index contributed by atoms with van der Waals surface area (Å²) in [7, 11) is -16.9. The highest BCUT2D eigenvalue weighted by molar-refractivity contribution is 7.66. The second-order valence-electron chi connectivity index (χ2n) is 6.16. The van der Waals surface area contributed by atoms with Gasteiger partial charge in [0.25, 0.3) is 5.56 Å². The Balaban J connectivity index is 1.72. The second kappa shape index (κ2) is 8.64. The summed E-state index contributed by atoms with van der Waals surface area (Å²) in [5.74, 6) is -0.317. The molecular formula is C10H15FN5O13P3. The summed E-state index contributed by atoms with van der Waals surface area (Å²) < 4.78 is 65.8. The molecule has 1 aliphatic heterocycles. The lowest BCUT2D eigenvalue weighted by atomic mass is 10.1. The molecule has 3 rings (SSSR count). The molecule has 1 saturated heterocycles. The predicted octanol–water partition coefficient (Wildman–Crippen LogP) is -1.36. The second-order valence-corrected chi connectivity index (χ2v) is 10.6. The molecule has 2 unspecified atom stereocenters. The van der Waals surface area contributed by atoms with Gasteiger partial charge in [-0.15, -0.1) is 0 Å². The van der Waals surface area contributed by atoms with Crippen LogP contribution in [0.2, 0.25) is 0 Å². The minimum atomic E-state index is -5.76. The lowest BCUT2D eigenvalue weighted by Gasteiger charge is -2.19. The first-order valence-electron chi connectivity index (χ1n) is 8.07. The summed E-state index contributed by atoms with van der Waals surface area (Å²) in [5.41, 5.74) is 4.29. The van der Waals surface area contributed by atoms with Crippen molar-refractivity contribution < 1.29 is 60.6 Å². The average Bonchev–Trinajstić information content (AvgIpc) is 3.12. The number of nitrogen functional groups attached to an aromatic ring is 1. The van der Waals surface area contributed by atoms with E-state index in [1.54, 1.807) is 0 Å². The molecule has 8 N–H and O–H groups in total. The number of imidazole rings is 1. The van der Waals surface area contributed by atoms with Crippen LogP contribution in [0.1, 0.15) is 6.23 Å². The van der Waals surface area contributed by atoms with Crippen molar-refractivity contribution in [2.24, 2.45) is 0 Å². The summed E-state index contributed by atoms with van der Waals surface area (Å²) in [5, 5.41) is 10.0. The standard InChI is InChI=1S/C10H15FN5O13P3/c11-4-6(17)3(1-26-31(22,23)29-32(24,25)28-30(19,20)21)27-9(4)16-2-13-5-7(16)14-10(12)15-8(5)18/h2-4,6,9,17H,1H2,(H,22,23)(H,24,25)(H2,19,20,21)(H3,12,14,15,18)/t3-,4-,6-,9-/m1/s1. The average molecular weight is 525 g/mol. The number of hydrogen-bond donors (Lipinski definition) is 7. The minimum Gasteiger partial charge on any atom is -0.387 e. The molecule has 180 valence electrons. The van der Waals surface area contributed by atoms with Crippen LogP contribution >= 0.6 is 23.5 Å². The van der Waals surface area contributed by atoms with E-state index in [9.17, 15) is 32.9 Å². The van der Waals surface area contributed by atoms with Gasteiger partial charge < -0.3 is 35.2 Å². The van der Waals surface area contributed by atoms with Gasteiger partial charge in [0.05, 0.1) is 12.9 Å². The normalized spacial score (nSPS) is 27.9. The molecular weight excluding hydrogens is 510 g/mol. The van der Waals surface area contributed by atoms with Crippen molar-refractivity contribution in [2.75, 3.05) is 12.3 Å². The van der Waals surface area contributed by atoms with Gasteiger partial charge in [0.2, 0.25) is 5.95 Å². The van der Waals surface area contributed by atoms with Crippen LogP contribution in [0.4, 0.5) is 10.3 Å². The number of rotatable bonds is 8. The van der Waals surface area contributed by atoms with E-state index in [0.29, 0.717) is 0 Å². The topological polar surface area (TPSA) is 279 Å². The minimum absolute atomic E-state index is 0.195. The number of aromatic nitrogens is 4. The Morgan fingerprint density at radius 3 is 2.50 bits per heavy atom. The first kappa shape index (κ1) is 25.0. The van der Waals surface area contributed by atoms with Crippen LogP contribution in [0.3, 0.4) is 0 Å². The van der Waals surface area contributed by atoms with Crippen molar-refractivity contribution in [3.63, 3.8) is 0 Å². The number of nitrogens with one attached hydrogen (secondary N) is 1. The largest absolute Gasteiger partial charge is 0.490 e. The molecule has 2 aromatic heterocycles. The third-order valence-corrected chi connectivity index (χ3v) is 7.64. The zero-order valence-electron chi connectivity index (χ0n) is 15.2. The van der Waals surface area contributed by atoms with Crippen LogP contribution in [0.25, 0.3) is 11.2 Å². The third kappa shape index (κ3) is 5.66. The molecule has 0 bridgehead atoms. The van der Waals surface area contributed by atoms with E-state index in [1.165, 1.54) is 0 Å². The summed E-state index contributed by atoms with van der Waals surface area (Å²) in [6, 6.07) is 0. The van der Waals surface area contributed by atoms with Crippen LogP contribution in [-0.4, -0.2) is 69.2 Å². The lowest BCUT2D eigenvalue weighted by Crippen LogP contribution is -2.31. The Hall–Kier alpha value is -1.59. The van der Waals surface area contributed by atoms with Gasteiger partial charge >= 0.3 is 23.5 Å². The fraction of sp³-hybridized carbons (Fsp3) is 0.500. The van der Waals surface area contributed by atoms with Gasteiger partial charge in [-0.25, -0.2) is 23.1 Å². The first-order valence-corrected chi connectivity index (χ1v) is 12.6. The first-order chi connectivity index (χ1) is 14.6. The Bertz CT molecular complexity index is 1210. The van der Waals surface area contributed by atoms with E-state index < -0.39 is 60.2 Å². The lowest BCUT2D eigenvalue weighted by molar-refractivity contribution is -0.0450. The summed E-state index contributed by atoms with van der Waals surface area (Å²) in [6.45, 7) is -1.09. The monoisotopic (exact) mass is 525 g/mol. The number of hydrogen-bond acceptors (Lipinski definition) is 12. The molecule has 0 aromatic carbocycles. The van der Waals surface area contributed by atoms with Crippen molar-refractivity contribution in [3.05, 3.63) is 16.7 Å². The molecule has 3 heterocycles. The number of nitrogens with two attached hydrogens (primary N) is 1. The molecule has 0 aliphatic carbocycles. The van der Waals surface area contributed by atoms with Gasteiger partial charge in [-0.05, 0) is 0 Å². The van der Waals surface area contributed by atoms with Crippen LogP contribution < -0.4 is 11.3 Å². The zero-order chi connectivity index (χ0) is 24.1. The number of nitrogens with zero attached hydrogens (tertiary/aromatic N) is 3. The van der Waals surface area contributed by atoms with Crippen molar-refractivity contribution in [2.45, 2.75) is 24.6 Å². The number of H-pyrrole nitrogens is 1. The maximum atomic E-state index is 14.6. The fourth-order valence-electron chi connectivity index (χ4n) is 2.67.